The van der Waals surface area contributed by atoms with E-state index >= 15 is 0 Å². The number of carbonyl (C=O) groups is 1. The van der Waals surface area contributed by atoms with Crippen LogP contribution in [0.2, 0.25) is 0 Å². The van der Waals surface area contributed by atoms with Crippen LogP contribution in [0.1, 0.15) is 21.5 Å². The molecular formula is C17H18N2O4. The van der Waals surface area contributed by atoms with Crippen LogP contribution in [0.4, 0.5) is 5.69 Å². The number of amides is 1. The Balaban J connectivity index is 1.89. The number of nitrogens with zero attached hydrogens (tertiary/aromatic N) is 1. The molecule has 120 valence electrons. The van der Waals surface area contributed by atoms with Gasteiger partial charge in [0.05, 0.1) is 11.5 Å². The van der Waals surface area contributed by atoms with E-state index in [1.807, 2.05) is 31.2 Å². The first-order valence-electron chi connectivity index (χ1n) is 7.20. The predicted molar refractivity (Wildman–Crippen MR) is 86.8 cm³/mol. The Kier molecular flexibility index (Phi) is 5.30. The standard InChI is InChI=1S/C17H18N2O4/c1-12-7-8-14(11-15(12)19(21)22)17(20)18-9-10-23-16-6-4-3-5-13(16)2/h3-8,11H,9-10H2,1-2H3,(H,18,20). The van der Waals surface area contributed by atoms with Gasteiger partial charge < -0.3 is 10.1 Å². The SMILES string of the molecule is Cc1ccccc1OCCNC(=O)c1ccc(C)c([N+](=O)[O-])c1. The lowest BCUT2D eigenvalue weighted by molar-refractivity contribution is -0.385. The second-order valence-electron chi connectivity index (χ2n) is 5.13. The largest absolute Gasteiger partial charge is 0.491 e. The minimum atomic E-state index is -0.493. The van der Waals surface area contributed by atoms with Crippen molar-refractivity contribution in [2.24, 2.45) is 0 Å². The van der Waals surface area contributed by atoms with Crippen molar-refractivity contribution in [2.45, 2.75) is 13.8 Å². The molecule has 2 aromatic carbocycles. The Morgan fingerprint density at radius 2 is 1.91 bits per heavy atom. The van der Waals surface area contributed by atoms with Gasteiger partial charge in [-0.3, -0.25) is 14.9 Å². The van der Waals surface area contributed by atoms with Crippen LogP contribution in [-0.2, 0) is 0 Å². The van der Waals surface area contributed by atoms with Gasteiger partial charge in [0.25, 0.3) is 11.6 Å². The molecule has 0 aliphatic rings. The third-order valence-electron chi connectivity index (χ3n) is 3.41. The molecule has 0 atom stereocenters. The van der Waals surface area contributed by atoms with Gasteiger partial charge in [-0.25, -0.2) is 0 Å². The summed E-state index contributed by atoms with van der Waals surface area (Å²) in [6, 6.07) is 12.0. The second kappa shape index (κ2) is 7.40. The molecule has 2 aromatic rings. The van der Waals surface area contributed by atoms with Crippen LogP contribution in [0.3, 0.4) is 0 Å². The van der Waals surface area contributed by atoms with Gasteiger partial charge >= 0.3 is 0 Å². The fraction of sp³-hybridized carbons (Fsp3) is 0.235. The van der Waals surface area contributed by atoms with Gasteiger partial charge in [0.15, 0.2) is 0 Å². The maximum absolute atomic E-state index is 12.0. The minimum absolute atomic E-state index is 0.0613. The van der Waals surface area contributed by atoms with Crippen molar-refractivity contribution in [3.63, 3.8) is 0 Å². The number of carbonyl (C=O) groups excluding carboxylic acids is 1. The highest BCUT2D eigenvalue weighted by molar-refractivity contribution is 5.94. The van der Waals surface area contributed by atoms with Crippen LogP contribution in [-0.4, -0.2) is 24.0 Å². The molecule has 1 amide bonds. The van der Waals surface area contributed by atoms with Crippen molar-refractivity contribution in [3.05, 3.63) is 69.3 Å². The fourth-order valence-corrected chi connectivity index (χ4v) is 2.09. The number of para-hydroxylation sites is 1. The number of hydrogen-bond acceptors (Lipinski definition) is 4. The molecule has 0 radical (unpaired) electrons. The van der Waals surface area contributed by atoms with E-state index in [-0.39, 0.29) is 17.2 Å². The van der Waals surface area contributed by atoms with Gasteiger partial charge in [-0.1, -0.05) is 24.3 Å². The van der Waals surface area contributed by atoms with E-state index in [1.54, 1.807) is 19.1 Å². The molecule has 0 aromatic heterocycles. The maximum Gasteiger partial charge on any atom is 0.273 e. The molecule has 0 saturated carbocycles. The molecule has 2 rings (SSSR count). The zero-order chi connectivity index (χ0) is 16.8. The third kappa shape index (κ3) is 4.29. The highest BCUT2D eigenvalue weighted by Crippen LogP contribution is 2.19. The van der Waals surface area contributed by atoms with E-state index < -0.39 is 4.92 Å². The summed E-state index contributed by atoms with van der Waals surface area (Å²) in [7, 11) is 0. The molecule has 1 N–H and O–H groups in total. The molecule has 23 heavy (non-hydrogen) atoms. The summed E-state index contributed by atoms with van der Waals surface area (Å²) in [4.78, 5) is 22.4. The molecule has 0 aliphatic heterocycles. The van der Waals surface area contributed by atoms with Crippen molar-refractivity contribution in [3.8, 4) is 5.75 Å². The van der Waals surface area contributed by atoms with Crippen LogP contribution in [0.15, 0.2) is 42.5 Å². The lowest BCUT2D eigenvalue weighted by Gasteiger charge is -2.10. The van der Waals surface area contributed by atoms with Crippen molar-refractivity contribution < 1.29 is 14.5 Å². The Morgan fingerprint density at radius 1 is 1.17 bits per heavy atom. The van der Waals surface area contributed by atoms with Gasteiger partial charge in [0.2, 0.25) is 0 Å². The topological polar surface area (TPSA) is 81.5 Å². The number of nitro benzene ring substituents is 1. The summed E-state index contributed by atoms with van der Waals surface area (Å²) in [5.74, 6) is 0.411. The monoisotopic (exact) mass is 314 g/mol. The van der Waals surface area contributed by atoms with E-state index in [0.29, 0.717) is 18.7 Å². The Labute approximate surface area is 134 Å². The molecule has 6 heteroatoms. The van der Waals surface area contributed by atoms with Crippen molar-refractivity contribution in [1.29, 1.82) is 0 Å². The van der Waals surface area contributed by atoms with Crippen LogP contribution < -0.4 is 10.1 Å². The average molecular weight is 314 g/mol. The quantitative estimate of drug-likeness (QED) is 0.505. The van der Waals surface area contributed by atoms with Gasteiger partial charge in [-0.05, 0) is 31.5 Å². The molecule has 0 aliphatic carbocycles. The van der Waals surface area contributed by atoms with E-state index in [2.05, 4.69) is 5.32 Å². The first-order chi connectivity index (χ1) is 11.0. The molecule has 6 nitrogen and oxygen atoms in total. The van der Waals surface area contributed by atoms with Crippen LogP contribution in [0.25, 0.3) is 0 Å². The molecule has 0 saturated heterocycles. The summed E-state index contributed by atoms with van der Waals surface area (Å²) in [6.07, 6.45) is 0. The van der Waals surface area contributed by atoms with Gasteiger partial charge in [-0.15, -0.1) is 0 Å². The van der Waals surface area contributed by atoms with E-state index in [9.17, 15) is 14.9 Å². The summed E-state index contributed by atoms with van der Waals surface area (Å²) in [6.45, 7) is 4.22. The highest BCUT2D eigenvalue weighted by Gasteiger charge is 2.14. The summed E-state index contributed by atoms with van der Waals surface area (Å²) in [5, 5.41) is 13.6. The van der Waals surface area contributed by atoms with Gasteiger partial charge in [0.1, 0.15) is 12.4 Å². The molecule has 0 unspecified atom stereocenters. The van der Waals surface area contributed by atoms with Crippen molar-refractivity contribution >= 4 is 11.6 Å². The smallest absolute Gasteiger partial charge is 0.273 e. The zero-order valence-corrected chi connectivity index (χ0v) is 13.0. The minimum Gasteiger partial charge on any atom is -0.491 e. The van der Waals surface area contributed by atoms with Crippen molar-refractivity contribution in [2.75, 3.05) is 13.2 Å². The number of rotatable bonds is 6. The molecular weight excluding hydrogens is 296 g/mol. The van der Waals surface area contributed by atoms with E-state index in [0.717, 1.165) is 11.3 Å². The summed E-state index contributed by atoms with van der Waals surface area (Å²) < 4.78 is 5.58. The predicted octanol–water partition coefficient (Wildman–Crippen LogP) is 3.02. The molecule has 0 fully saturated rings. The zero-order valence-electron chi connectivity index (χ0n) is 13.0. The normalized spacial score (nSPS) is 10.2. The first-order valence-corrected chi connectivity index (χ1v) is 7.20. The van der Waals surface area contributed by atoms with Crippen molar-refractivity contribution in [1.82, 2.24) is 5.32 Å². The summed E-state index contributed by atoms with van der Waals surface area (Å²) in [5.41, 5.74) is 1.74. The number of hydrogen-bond donors (Lipinski definition) is 1. The van der Waals surface area contributed by atoms with Gasteiger partial charge in [-0.2, -0.15) is 0 Å². The van der Waals surface area contributed by atoms with Crippen LogP contribution >= 0.6 is 0 Å². The third-order valence-corrected chi connectivity index (χ3v) is 3.41. The molecule has 0 heterocycles. The Hall–Kier alpha value is -2.89. The molecule has 0 bridgehead atoms. The van der Waals surface area contributed by atoms with E-state index in [4.69, 9.17) is 4.74 Å². The first kappa shape index (κ1) is 16.5. The number of aryl methyl sites for hydroxylation is 2. The Morgan fingerprint density at radius 3 is 2.61 bits per heavy atom. The van der Waals surface area contributed by atoms with Crippen LogP contribution in [0, 0.1) is 24.0 Å². The fourth-order valence-electron chi connectivity index (χ4n) is 2.09. The number of ether oxygens (including phenoxy) is 1. The lowest BCUT2D eigenvalue weighted by atomic mass is 10.1. The Bertz CT molecular complexity index is 728. The number of nitrogens with one attached hydrogen (secondary N) is 1. The summed E-state index contributed by atoms with van der Waals surface area (Å²) >= 11 is 0. The number of benzene rings is 2. The second-order valence-corrected chi connectivity index (χ2v) is 5.13. The number of nitro groups is 1. The maximum atomic E-state index is 12.0. The van der Waals surface area contributed by atoms with Gasteiger partial charge in [0, 0.05) is 17.2 Å². The van der Waals surface area contributed by atoms with Crippen LogP contribution in [0.5, 0.6) is 5.75 Å². The lowest BCUT2D eigenvalue weighted by Crippen LogP contribution is -2.28. The average Bonchev–Trinajstić information content (AvgIpc) is 2.53. The highest BCUT2D eigenvalue weighted by atomic mass is 16.6. The molecule has 0 spiro atoms. The van der Waals surface area contributed by atoms with E-state index in [1.165, 1.54) is 6.07 Å².